The summed E-state index contributed by atoms with van der Waals surface area (Å²) < 4.78 is 38.3. The minimum absolute atomic E-state index is 0.152. The molecule has 101 valence electrons. The molecule has 0 saturated heterocycles. The Bertz CT molecular complexity index is 644. The van der Waals surface area contributed by atoms with E-state index in [2.05, 4.69) is 11.9 Å². The number of nitrogens with zero attached hydrogens (tertiary/aromatic N) is 1. The number of nitrogens with one attached hydrogen (secondary N) is 1. The molecule has 0 saturated carbocycles. The number of fused-ring (bicyclic) bond motifs is 1. The van der Waals surface area contributed by atoms with Crippen LogP contribution in [0.1, 0.15) is 24.1 Å². The van der Waals surface area contributed by atoms with Crippen LogP contribution in [0.4, 0.5) is 18.9 Å². The van der Waals surface area contributed by atoms with Gasteiger partial charge in [-0.25, -0.2) is 0 Å². The van der Waals surface area contributed by atoms with E-state index in [0.717, 1.165) is 12.1 Å². The Hall–Kier alpha value is -2.05. The first-order chi connectivity index (χ1) is 8.70. The van der Waals surface area contributed by atoms with Gasteiger partial charge in [-0.1, -0.05) is 6.92 Å². The SMILES string of the molecule is [CH2]C(C)c1cc2cc([N+](=O)[O-])c(C(F)(F)F)cc2[nH]1. The van der Waals surface area contributed by atoms with Gasteiger partial charge in [0.05, 0.1) is 4.92 Å². The average Bonchev–Trinajstić information content (AvgIpc) is 2.68. The maximum absolute atomic E-state index is 12.8. The number of H-pyrrole nitrogens is 1. The molecular weight excluding hydrogens is 261 g/mol. The number of aromatic amines is 1. The minimum atomic E-state index is -4.77. The summed E-state index contributed by atoms with van der Waals surface area (Å²) >= 11 is 0. The Labute approximate surface area is 106 Å². The van der Waals surface area contributed by atoms with Gasteiger partial charge in [0.2, 0.25) is 0 Å². The second kappa shape index (κ2) is 4.25. The number of benzene rings is 1. The number of aromatic nitrogens is 1. The van der Waals surface area contributed by atoms with E-state index in [1.807, 2.05) is 0 Å². The van der Waals surface area contributed by atoms with Crippen LogP contribution in [0.5, 0.6) is 0 Å². The lowest BCUT2D eigenvalue weighted by molar-refractivity contribution is -0.387. The van der Waals surface area contributed by atoms with Crippen molar-refractivity contribution in [2.24, 2.45) is 0 Å². The van der Waals surface area contributed by atoms with Crippen molar-refractivity contribution in [3.05, 3.63) is 46.5 Å². The minimum Gasteiger partial charge on any atom is -0.358 e. The normalized spacial score (nSPS) is 12.3. The monoisotopic (exact) mass is 271 g/mol. The molecule has 1 heterocycles. The van der Waals surface area contributed by atoms with Crippen LogP contribution in [-0.4, -0.2) is 9.91 Å². The Balaban J connectivity index is 2.73. The number of halogens is 3. The summed E-state index contributed by atoms with van der Waals surface area (Å²) in [6.45, 7) is 5.51. The molecule has 0 aliphatic heterocycles. The first-order valence-corrected chi connectivity index (χ1v) is 5.41. The summed E-state index contributed by atoms with van der Waals surface area (Å²) in [5.41, 5.74) is -1.36. The van der Waals surface area contributed by atoms with E-state index in [9.17, 15) is 23.3 Å². The van der Waals surface area contributed by atoms with Gasteiger partial charge in [-0.05, 0) is 25.0 Å². The third-order valence-corrected chi connectivity index (χ3v) is 2.79. The lowest BCUT2D eigenvalue weighted by Gasteiger charge is -2.07. The van der Waals surface area contributed by atoms with E-state index in [4.69, 9.17) is 0 Å². The maximum Gasteiger partial charge on any atom is 0.423 e. The van der Waals surface area contributed by atoms with Gasteiger partial charge in [0, 0.05) is 22.7 Å². The zero-order valence-corrected chi connectivity index (χ0v) is 9.91. The molecule has 0 bridgehead atoms. The van der Waals surface area contributed by atoms with E-state index < -0.39 is 22.4 Å². The fourth-order valence-electron chi connectivity index (χ4n) is 1.83. The summed E-state index contributed by atoms with van der Waals surface area (Å²) in [6, 6.07) is 3.26. The molecule has 2 aromatic rings. The van der Waals surface area contributed by atoms with Crippen LogP contribution in [-0.2, 0) is 6.18 Å². The van der Waals surface area contributed by atoms with Gasteiger partial charge >= 0.3 is 6.18 Å². The summed E-state index contributed by atoms with van der Waals surface area (Å²) in [5.74, 6) is -0.152. The highest BCUT2D eigenvalue weighted by Crippen LogP contribution is 2.38. The molecule has 0 spiro atoms. The highest BCUT2D eigenvalue weighted by molar-refractivity contribution is 5.84. The highest BCUT2D eigenvalue weighted by Gasteiger charge is 2.38. The third kappa shape index (κ3) is 2.40. The lowest BCUT2D eigenvalue weighted by atomic mass is 10.1. The molecule has 1 radical (unpaired) electrons. The van der Waals surface area contributed by atoms with Gasteiger partial charge in [0.25, 0.3) is 5.69 Å². The van der Waals surface area contributed by atoms with Crippen LogP contribution in [0.3, 0.4) is 0 Å². The van der Waals surface area contributed by atoms with Gasteiger partial charge in [-0.15, -0.1) is 0 Å². The lowest BCUT2D eigenvalue weighted by Crippen LogP contribution is -2.08. The number of nitro benzene ring substituents is 1. The van der Waals surface area contributed by atoms with Gasteiger partial charge < -0.3 is 4.98 Å². The van der Waals surface area contributed by atoms with Gasteiger partial charge in [-0.3, -0.25) is 10.1 Å². The first-order valence-electron chi connectivity index (χ1n) is 5.41. The van der Waals surface area contributed by atoms with Crippen molar-refractivity contribution in [2.45, 2.75) is 19.0 Å². The van der Waals surface area contributed by atoms with Crippen LogP contribution in [0.25, 0.3) is 10.9 Å². The molecule has 7 heteroatoms. The topological polar surface area (TPSA) is 58.9 Å². The van der Waals surface area contributed by atoms with Crippen LogP contribution in [0.2, 0.25) is 0 Å². The molecule has 1 aromatic heterocycles. The zero-order chi connectivity index (χ0) is 14.4. The molecule has 1 unspecified atom stereocenters. The fraction of sp³-hybridized carbons (Fsp3) is 0.250. The van der Waals surface area contributed by atoms with E-state index in [1.165, 1.54) is 0 Å². The Morgan fingerprint density at radius 1 is 1.37 bits per heavy atom. The molecule has 0 aliphatic rings. The largest absolute Gasteiger partial charge is 0.423 e. The maximum atomic E-state index is 12.8. The van der Waals surface area contributed by atoms with Crippen LogP contribution < -0.4 is 0 Å². The van der Waals surface area contributed by atoms with Crippen molar-refractivity contribution in [3.8, 4) is 0 Å². The van der Waals surface area contributed by atoms with Crippen molar-refractivity contribution < 1.29 is 18.1 Å². The average molecular weight is 271 g/mol. The smallest absolute Gasteiger partial charge is 0.358 e. The second-order valence-electron chi connectivity index (χ2n) is 4.34. The van der Waals surface area contributed by atoms with Gasteiger partial charge in [-0.2, -0.15) is 13.2 Å². The van der Waals surface area contributed by atoms with Crippen LogP contribution in [0, 0.1) is 17.0 Å². The van der Waals surface area contributed by atoms with Gasteiger partial charge in [0.1, 0.15) is 5.56 Å². The van der Waals surface area contributed by atoms with E-state index in [0.29, 0.717) is 11.1 Å². The molecule has 1 atom stereocenters. The van der Waals surface area contributed by atoms with Crippen molar-refractivity contribution in [3.63, 3.8) is 0 Å². The number of hydrogen-bond acceptors (Lipinski definition) is 2. The molecule has 4 nitrogen and oxygen atoms in total. The standard InChI is InChI=1S/C12H10F3N2O2/c1-6(2)9-3-7-4-11(17(18)19)8(12(13,14)15)5-10(7)16-9/h3-6,16H,1H2,2H3. The molecule has 0 amide bonds. The summed E-state index contributed by atoms with van der Waals surface area (Å²) in [5, 5.41) is 11.1. The predicted molar refractivity (Wildman–Crippen MR) is 63.7 cm³/mol. The van der Waals surface area contributed by atoms with E-state index in [1.54, 1.807) is 13.0 Å². The van der Waals surface area contributed by atoms with E-state index in [-0.39, 0.29) is 11.4 Å². The molecule has 19 heavy (non-hydrogen) atoms. The number of alkyl halides is 3. The predicted octanol–water partition coefficient (Wildman–Crippen LogP) is 4.03. The summed E-state index contributed by atoms with van der Waals surface area (Å²) in [7, 11) is 0. The number of hydrogen-bond donors (Lipinski definition) is 1. The molecular formula is C12H10F3N2O2. The summed E-state index contributed by atoms with van der Waals surface area (Å²) in [4.78, 5) is 12.5. The highest BCUT2D eigenvalue weighted by atomic mass is 19.4. The number of rotatable bonds is 2. The quantitative estimate of drug-likeness (QED) is 0.662. The molecule has 0 fully saturated rings. The van der Waals surface area contributed by atoms with Crippen molar-refractivity contribution in [1.82, 2.24) is 4.98 Å². The molecule has 1 N–H and O–H groups in total. The Kier molecular flexibility index (Phi) is 3.00. The molecule has 0 aliphatic carbocycles. The summed E-state index contributed by atoms with van der Waals surface area (Å²) in [6.07, 6.45) is -4.77. The van der Waals surface area contributed by atoms with Crippen LogP contribution in [0.15, 0.2) is 18.2 Å². The van der Waals surface area contributed by atoms with Crippen LogP contribution >= 0.6 is 0 Å². The number of nitro groups is 1. The van der Waals surface area contributed by atoms with Crippen molar-refractivity contribution in [1.29, 1.82) is 0 Å². The van der Waals surface area contributed by atoms with Gasteiger partial charge in [0.15, 0.2) is 0 Å². The van der Waals surface area contributed by atoms with Crippen molar-refractivity contribution in [2.75, 3.05) is 0 Å². The van der Waals surface area contributed by atoms with Crippen molar-refractivity contribution >= 4 is 16.6 Å². The van der Waals surface area contributed by atoms with E-state index >= 15 is 0 Å². The first kappa shape index (κ1) is 13.4. The Morgan fingerprint density at radius 3 is 2.47 bits per heavy atom. The fourth-order valence-corrected chi connectivity index (χ4v) is 1.83. The Morgan fingerprint density at radius 2 is 2.00 bits per heavy atom. The second-order valence-corrected chi connectivity index (χ2v) is 4.34. The zero-order valence-electron chi connectivity index (χ0n) is 9.91. The molecule has 2 rings (SSSR count). The molecule has 1 aromatic carbocycles. The third-order valence-electron chi connectivity index (χ3n) is 2.79.